The van der Waals surface area contributed by atoms with Gasteiger partial charge in [-0.05, 0) is 86.0 Å². The molecule has 140 valence electrons. The topological polar surface area (TPSA) is 46.5 Å². The molecule has 0 amide bonds. The maximum absolute atomic E-state index is 12.4. The van der Waals surface area contributed by atoms with Gasteiger partial charge in [-0.3, -0.25) is 4.79 Å². The SMILES string of the molecule is CSOC1=C2CCC3C(CCC4(C)C3CCC4(C)O)C2(C)CCC1=O. The quantitative estimate of drug-likeness (QED) is 0.709. The summed E-state index contributed by atoms with van der Waals surface area (Å²) in [7, 11) is 0. The molecule has 0 heterocycles. The molecule has 1 N–H and O–H groups in total. The number of carbonyl (C=O) groups excluding carboxylic acids is 1. The second-order valence-electron chi connectivity index (χ2n) is 9.58. The Morgan fingerprint density at radius 1 is 1.04 bits per heavy atom. The highest BCUT2D eigenvalue weighted by atomic mass is 32.2. The number of rotatable bonds is 2. The Morgan fingerprint density at radius 2 is 1.76 bits per heavy atom. The Balaban J connectivity index is 1.71. The van der Waals surface area contributed by atoms with E-state index in [0.717, 1.165) is 38.5 Å². The number of allylic oxidation sites excluding steroid dienone is 1. The van der Waals surface area contributed by atoms with E-state index in [1.54, 1.807) is 0 Å². The van der Waals surface area contributed by atoms with E-state index >= 15 is 0 Å². The van der Waals surface area contributed by atoms with Crippen molar-refractivity contribution in [1.82, 2.24) is 0 Å². The molecule has 0 aromatic heterocycles. The number of hydrogen-bond donors (Lipinski definition) is 1. The fraction of sp³-hybridized carbons (Fsp3) is 0.857. The Bertz CT molecular complexity index is 625. The van der Waals surface area contributed by atoms with Crippen LogP contribution in [0.2, 0.25) is 0 Å². The number of aliphatic hydroxyl groups is 1. The lowest BCUT2D eigenvalue weighted by Crippen LogP contribution is -2.54. The maximum Gasteiger partial charge on any atom is 0.198 e. The summed E-state index contributed by atoms with van der Waals surface area (Å²) in [6, 6.07) is 0. The zero-order valence-electron chi connectivity index (χ0n) is 16.1. The minimum absolute atomic E-state index is 0.0643. The van der Waals surface area contributed by atoms with E-state index in [4.69, 9.17) is 4.18 Å². The number of Topliss-reactive ketones (excluding diaryl/α,β-unsaturated/α-hetero) is 1. The van der Waals surface area contributed by atoms with Gasteiger partial charge < -0.3 is 9.29 Å². The summed E-state index contributed by atoms with van der Waals surface area (Å²) < 4.78 is 5.76. The first-order valence-electron chi connectivity index (χ1n) is 9.94. The van der Waals surface area contributed by atoms with Crippen molar-refractivity contribution in [2.75, 3.05) is 6.26 Å². The molecule has 6 unspecified atom stereocenters. The molecule has 6 atom stereocenters. The highest BCUT2D eigenvalue weighted by Gasteiger charge is 2.62. The number of carbonyl (C=O) groups is 1. The molecule has 0 aromatic carbocycles. The average molecular weight is 365 g/mol. The zero-order chi connectivity index (χ0) is 18.0. The van der Waals surface area contributed by atoms with Gasteiger partial charge in [0.25, 0.3) is 0 Å². The van der Waals surface area contributed by atoms with Crippen LogP contribution in [0.4, 0.5) is 0 Å². The first kappa shape index (κ1) is 17.9. The van der Waals surface area contributed by atoms with Crippen molar-refractivity contribution in [1.29, 1.82) is 0 Å². The van der Waals surface area contributed by atoms with Crippen molar-refractivity contribution in [2.24, 2.45) is 28.6 Å². The minimum atomic E-state index is -0.519. The van der Waals surface area contributed by atoms with E-state index in [9.17, 15) is 9.90 Å². The van der Waals surface area contributed by atoms with E-state index < -0.39 is 5.60 Å². The predicted molar refractivity (Wildman–Crippen MR) is 101 cm³/mol. The first-order valence-corrected chi connectivity index (χ1v) is 11.1. The van der Waals surface area contributed by atoms with Crippen LogP contribution in [-0.2, 0) is 8.98 Å². The molecule has 0 bridgehead atoms. The lowest BCUT2D eigenvalue weighted by Gasteiger charge is -2.59. The molecule has 3 nitrogen and oxygen atoms in total. The number of fused-ring (bicyclic) bond motifs is 5. The van der Waals surface area contributed by atoms with Crippen LogP contribution in [0.25, 0.3) is 0 Å². The van der Waals surface area contributed by atoms with Crippen molar-refractivity contribution in [3.63, 3.8) is 0 Å². The molecule has 4 aliphatic carbocycles. The third-order valence-corrected chi connectivity index (χ3v) is 9.13. The second kappa shape index (κ2) is 5.76. The zero-order valence-corrected chi connectivity index (χ0v) is 16.9. The highest BCUT2D eigenvalue weighted by Crippen LogP contribution is 2.67. The van der Waals surface area contributed by atoms with Gasteiger partial charge in [-0.2, -0.15) is 0 Å². The van der Waals surface area contributed by atoms with Gasteiger partial charge in [-0.1, -0.05) is 13.8 Å². The van der Waals surface area contributed by atoms with Crippen LogP contribution in [-0.4, -0.2) is 22.7 Å². The van der Waals surface area contributed by atoms with Gasteiger partial charge in [0.2, 0.25) is 0 Å². The standard InChI is InChI=1S/C21H32O3S/c1-19-10-9-17(22)18(24-25-4)16(19)6-5-13-14(19)7-11-20(2)15(13)8-12-21(20,3)23/h13-15,23H,5-12H2,1-4H3. The summed E-state index contributed by atoms with van der Waals surface area (Å²) in [5, 5.41) is 11.0. The molecule has 3 fully saturated rings. The van der Waals surface area contributed by atoms with Crippen LogP contribution in [0.15, 0.2) is 11.3 Å². The summed E-state index contributed by atoms with van der Waals surface area (Å²) >= 11 is 1.30. The highest BCUT2D eigenvalue weighted by molar-refractivity contribution is 7.94. The van der Waals surface area contributed by atoms with Crippen molar-refractivity contribution >= 4 is 17.8 Å². The Kier molecular flexibility index (Phi) is 4.12. The van der Waals surface area contributed by atoms with Gasteiger partial charge in [0.1, 0.15) is 0 Å². The normalized spacial score (nSPS) is 49.5. The third-order valence-electron chi connectivity index (χ3n) is 8.80. The number of hydrogen-bond acceptors (Lipinski definition) is 4. The number of ketones is 1. The lowest BCUT2D eigenvalue weighted by molar-refractivity contribution is -0.127. The molecule has 0 aliphatic heterocycles. The monoisotopic (exact) mass is 364 g/mol. The van der Waals surface area contributed by atoms with Crippen LogP contribution in [0.1, 0.15) is 72.1 Å². The molecule has 25 heavy (non-hydrogen) atoms. The Labute approximate surface area is 156 Å². The smallest absolute Gasteiger partial charge is 0.198 e. The molecular weight excluding hydrogens is 332 g/mol. The summed E-state index contributed by atoms with van der Waals surface area (Å²) in [6.45, 7) is 6.79. The van der Waals surface area contributed by atoms with E-state index in [1.807, 2.05) is 6.26 Å². The molecule has 4 heteroatoms. The Hall–Kier alpha value is -0.480. The van der Waals surface area contributed by atoms with Crippen LogP contribution in [0, 0.1) is 28.6 Å². The molecular formula is C21H32O3S. The van der Waals surface area contributed by atoms with Gasteiger partial charge in [0.05, 0.1) is 17.6 Å². The van der Waals surface area contributed by atoms with E-state index in [-0.39, 0.29) is 16.6 Å². The van der Waals surface area contributed by atoms with Crippen molar-refractivity contribution < 1.29 is 14.1 Å². The molecule has 4 rings (SSSR count). The summed E-state index contributed by atoms with van der Waals surface area (Å²) in [5.41, 5.74) is 0.953. The van der Waals surface area contributed by atoms with E-state index in [0.29, 0.717) is 29.9 Å². The second-order valence-corrected chi connectivity index (χ2v) is 10.1. The van der Waals surface area contributed by atoms with Crippen LogP contribution < -0.4 is 0 Å². The minimum Gasteiger partial charge on any atom is -0.422 e. The van der Waals surface area contributed by atoms with Crippen molar-refractivity contribution in [3.05, 3.63) is 11.3 Å². The van der Waals surface area contributed by atoms with Gasteiger partial charge in [-0.25, -0.2) is 0 Å². The Morgan fingerprint density at radius 3 is 2.48 bits per heavy atom. The fourth-order valence-electron chi connectivity index (χ4n) is 7.09. The van der Waals surface area contributed by atoms with Gasteiger partial charge in [0, 0.05) is 12.7 Å². The third kappa shape index (κ3) is 2.32. The summed E-state index contributed by atoms with van der Waals surface area (Å²) in [5.74, 6) is 2.82. The fourth-order valence-corrected chi connectivity index (χ4v) is 7.45. The molecule has 4 aliphatic rings. The molecule has 0 saturated heterocycles. The van der Waals surface area contributed by atoms with Gasteiger partial charge in [-0.15, -0.1) is 0 Å². The summed E-state index contributed by atoms with van der Waals surface area (Å²) in [6.07, 6.45) is 10.0. The molecule has 3 saturated carbocycles. The molecule has 0 radical (unpaired) electrons. The van der Waals surface area contributed by atoms with Crippen LogP contribution in [0.5, 0.6) is 0 Å². The van der Waals surface area contributed by atoms with Gasteiger partial charge in [0.15, 0.2) is 11.5 Å². The van der Waals surface area contributed by atoms with Gasteiger partial charge >= 0.3 is 0 Å². The van der Waals surface area contributed by atoms with Crippen molar-refractivity contribution in [3.8, 4) is 0 Å². The summed E-state index contributed by atoms with van der Waals surface area (Å²) in [4.78, 5) is 12.4. The largest absolute Gasteiger partial charge is 0.422 e. The van der Waals surface area contributed by atoms with Crippen molar-refractivity contribution in [2.45, 2.75) is 77.7 Å². The van der Waals surface area contributed by atoms with Crippen LogP contribution >= 0.6 is 12.0 Å². The average Bonchev–Trinajstić information content (AvgIpc) is 2.81. The lowest BCUT2D eigenvalue weighted by atomic mass is 9.46. The maximum atomic E-state index is 12.4. The first-order chi connectivity index (χ1) is 11.7. The van der Waals surface area contributed by atoms with Crippen LogP contribution in [0.3, 0.4) is 0 Å². The molecule has 0 aromatic rings. The molecule has 0 spiro atoms. The predicted octanol–water partition coefficient (Wildman–Crippen LogP) is 4.89. The van der Waals surface area contributed by atoms with E-state index in [2.05, 4.69) is 20.8 Å². The van der Waals surface area contributed by atoms with E-state index in [1.165, 1.54) is 24.0 Å².